The number of allylic oxidation sites excluding steroid dienone is 1. The lowest BCUT2D eigenvalue weighted by Gasteiger charge is -1.95. The van der Waals surface area contributed by atoms with Crippen LogP contribution in [0, 0.1) is 6.92 Å². The lowest BCUT2D eigenvalue weighted by Crippen LogP contribution is -2.06. The van der Waals surface area contributed by atoms with Crippen molar-refractivity contribution in [1.29, 1.82) is 0 Å². The number of hydrogen-bond acceptors (Lipinski definition) is 3. The van der Waals surface area contributed by atoms with E-state index in [9.17, 15) is 8.42 Å². The van der Waals surface area contributed by atoms with Crippen LogP contribution in [0.4, 0.5) is 0 Å². The molecule has 2 N–H and O–H groups in total. The zero-order valence-corrected chi connectivity index (χ0v) is 12.4. The molecule has 0 bridgehead atoms. The van der Waals surface area contributed by atoms with Crippen molar-refractivity contribution in [2.24, 2.45) is 0 Å². The molecule has 0 aliphatic carbocycles. The Bertz CT molecular complexity index is 452. The lowest BCUT2D eigenvalue weighted by molar-refractivity contribution is 0.483. The summed E-state index contributed by atoms with van der Waals surface area (Å²) in [6, 6.07) is 5.99. The van der Waals surface area contributed by atoms with E-state index in [-0.39, 0.29) is 4.90 Å². The highest BCUT2D eigenvalue weighted by Crippen LogP contribution is 2.08. The van der Waals surface area contributed by atoms with Gasteiger partial charge in [-0.15, -0.1) is 6.58 Å². The minimum absolute atomic E-state index is 0.0666. The quantitative estimate of drug-likeness (QED) is 0.479. The molecule has 0 amide bonds. The van der Waals surface area contributed by atoms with Gasteiger partial charge in [0.2, 0.25) is 0 Å². The Labute approximate surface area is 116 Å². The van der Waals surface area contributed by atoms with E-state index in [1.54, 1.807) is 12.1 Å². The van der Waals surface area contributed by atoms with Crippen LogP contribution in [-0.2, 0) is 10.1 Å². The third-order valence-electron chi connectivity index (χ3n) is 2.40. The summed E-state index contributed by atoms with van der Waals surface area (Å²) in [7, 11) is -2.04. The van der Waals surface area contributed by atoms with Gasteiger partial charge in [-0.05, 0) is 51.9 Å². The fourth-order valence-electron chi connectivity index (χ4n) is 1.30. The molecule has 19 heavy (non-hydrogen) atoms. The highest BCUT2D eigenvalue weighted by molar-refractivity contribution is 7.85. The van der Waals surface area contributed by atoms with Crippen molar-refractivity contribution in [3.05, 3.63) is 42.5 Å². The van der Waals surface area contributed by atoms with Gasteiger partial charge in [0.15, 0.2) is 0 Å². The van der Waals surface area contributed by atoms with Crippen LogP contribution >= 0.6 is 0 Å². The van der Waals surface area contributed by atoms with E-state index in [1.165, 1.54) is 25.0 Å². The van der Waals surface area contributed by atoms with Crippen molar-refractivity contribution in [1.82, 2.24) is 5.32 Å². The Balaban J connectivity index is 0.000000362. The van der Waals surface area contributed by atoms with Gasteiger partial charge in [0.1, 0.15) is 0 Å². The molecule has 0 radical (unpaired) electrons. The van der Waals surface area contributed by atoms with Crippen LogP contribution in [0.15, 0.2) is 41.8 Å². The maximum absolute atomic E-state index is 10.5. The van der Waals surface area contributed by atoms with Crippen LogP contribution < -0.4 is 5.32 Å². The Morgan fingerprint density at radius 1 is 1.26 bits per heavy atom. The summed E-state index contributed by atoms with van der Waals surface area (Å²) in [4.78, 5) is -0.0666. The molecule has 4 nitrogen and oxygen atoms in total. The number of aryl methyl sites for hydroxylation is 1. The summed E-state index contributed by atoms with van der Waals surface area (Å²) in [5.74, 6) is 0. The smallest absolute Gasteiger partial charge is 0.294 e. The van der Waals surface area contributed by atoms with Gasteiger partial charge in [-0.2, -0.15) is 8.42 Å². The molecule has 0 aromatic heterocycles. The molecule has 0 saturated heterocycles. The molecule has 108 valence electrons. The van der Waals surface area contributed by atoms with Crippen LogP contribution in [0.25, 0.3) is 0 Å². The Hall–Kier alpha value is -1.17. The zero-order valence-electron chi connectivity index (χ0n) is 11.6. The van der Waals surface area contributed by atoms with Gasteiger partial charge in [-0.3, -0.25) is 4.55 Å². The van der Waals surface area contributed by atoms with Crippen LogP contribution in [-0.4, -0.2) is 26.6 Å². The predicted molar refractivity (Wildman–Crippen MR) is 79.0 cm³/mol. The number of unbranched alkanes of at least 4 members (excludes halogenated alkanes) is 2. The normalized spacial score (nSPS) is 10.5. The van der Waals surface area contributed by atoms with Gasteiger partial charge >= 0.3 is 0 Å². The number of benzene rings is 1. The first-order valence-corrected chi connectivity index (χ1v) is 7.65. The van der Waals surface area contributed by atoms with Crippen LogP contribution in [0.5, 0.6) is 0 Å². The second-order valence-corrected chi connectivity index (χ2v) is 5.60. The minimum Gasteiger partial charge on any atom is -0.320 e. The first-order valence-electron chi connectivity index (χ1n) is 6.21. The summed E-state index contributed by atoms with van der Waals surface area (Å²) < 4.78 is 29.6. The average molecular weight is 285 g/mol. The number of rotatable bonds is 6. The molecular weight excluding hydrogens is 262 g/mol. The Morgan fingerprint density at radius 2 is 1.84 bits per heavy atom. The topological polar surface area (TPSA) is 66.4 Å². The van der Waals surface area contributed by atoms with Crippen LogP contribution in [0.3, 0.4) is 0 Å². The molecule has 1 rings (SSSR count). The van der Waals surface area contributed by atoms with Gasteiger partial charge in [-0.1, -0.05) is 23.8 Å². The predicted octanol–water partition coefficient (Wildman–Crippen LogP) is 2.80. The van der Waals surface area contributed by atoms with Crippen molar-refractivity contribution in [3.8, 4) is 0 Å². The molecule has 0 atom stereocenters. The molecule has 0 saturated carbocycles. The first kappa shape index (κ1) is 17.8. The summed E-state index contributed by atoms with van der Waals surface area (Å²) in [6.45, 7) is 6.61. The molecule has 0 spiro atoms. The number of nitrogens with one attached hydrogen (secondary N) is 1. The standard InChI is InChI=1S/C7H15N.C7H8O3S/c1-3-4-5-6-7-8-2;1-6-2-4-7(5-3-6)11(8,9)10/h3,8H,1,4-7H2,2H3;2-5H,1H3,(H,8,9,10). The van der Waals surface area contributed by atoms with Crippen molar-refractivity contribution in [2.45, 2.75) is 31.1 Å². The molecule has 1 aromatic rings. The molecule has 0 aliphatic heterocycles. The average Bonchev–Trinajstić information content (AvgIpc) is 2.35. The van der Waals surface area contributed by atoms with E-state index in [2.05, 4.69) is 11.9 Å². The molecule has 5 heteroatoms. The van der Waals surface area contributed by atoms with Gasteiger partial charge < -0.3 is 5.32 Å². The molecule has 0 fully saturated rings. The lowest BCUT2D eigenvalue weighted by atomic mass is 10.2. The number of hydrogen-bond donors (Lipinski definition) is 2. The van der Waals surface area contributed by atoms with E-state index >= 15 is 0 Å². The second-order valence-electron chi connectivity index (χ2n) is 4.18. The SMILES string of the molecule is C=CCCCCNC.Cc1ccc(S(=O)(=O)O)cc1. The molecule has 1 aromatic carbocycles. The highest BCUT2D eigenvalue weighted by atomic mass is 32.2. The van der Waals surface area contributed by atoms with Crippen LogP contribution in [0.2, 0.25) is 0 Å². The van der Waals surface area contributed by atoms with E-state index in [0.29, 0.717) is 0 Å². The Morgan fingerprint density at radius 3 is 2.26 bits per heavy atom. The Kier molecular flexibility index (Phi) is 9.12. The summed E-state index contributed by atoms with van der Waals surface area (Å²) >= 11 is 0. The summed E-state index contributed by atoms with van der Waals surface area (Å²) in [5, 5.41) is 3.09. The van der Waals surface area contributed by atoms with E-state index in [4.69, 9.17) is 4.55 Å². The third-order valence-corrected chi connectivity index (χ3v) is 3.27. The van der Waals surface area contributed by atoms with Gasteiger partial charge in [0, 0.05) is 0 Å². The molecular formula is C14H23NO3S. The summed E-state index contributed by atoms with van der Waals surface area (Å²) in [6.07, 6.45) is 5.66. The second kappa shape index (κ2) is 9.72. The molecule has 0 heterocycles. The summed E-state index contributed by atoms with van der Waals surface area (Å²) in [5.41, 5.74) is 0.956. The van der Waals surface area contributed by atoms with Crippen molar-refractivity contribution in [3.63, 3.8) is 0 Å². The van der Waals surface area contributed by atoms with Crippen molar-refractivity contribution in [2.75, 3.05) is 13.6 Å². The monoisotopic (exact) mass is 285 g/mol. The zero-order chi connectivity index (χ0) is 14.7. The van der Waals surface area contributed by atoms with Gasteiger partial charge in [0.25, 0.3) is 10.1 Å². The molecule has 0 aliphatic rings. The largest absolute Gasteiger partial charge is 0.320 e. The first-order chi connectivity index (χ1) is 8.91. The maximum Gasteiger partial charge on any atom is 0.294 e. The van der Waals surface area contributed by atoms with E-state index < -0.39 is 10.1 Å². The van der Waals surface area contributed by atoms with Crippen molar-refractivity contribution < 1.29 is 13.0 Å². The van der Waals surface area contributed by atoms with Crippen molar-refractivity contribution >= 4 is 10.1 Å². The fourth-order valence-corrected chi connectivity index (χ4v) is 1.78. The third kappa shape index (κ3) is 9.41. The maximum atomic E-state index is 10.5. The van der Waals surface area contributed by atoms with E-state index in [1.807, 2.05) is 20.0 Å². The van der Waals surface area contributed by atoms with Gasteiger partial charge in [0.05, 0.1) is 4.90 Å². The van der Waals surface area contributed by atoms with Gasteiger partial charge in [-0.25, -0.2) is 0 Å². The molecule has 0 unspecified atom stereocenters. The highest BCUT2D eigenvalue weighted by Gasteiger charge is 2.06. The van der Waals surface area contributed by atoms with Crippen LogP contribution in [0.1, 0.15) is 24.8 Å². The minimum atomic E-state index is -4.02. The van der Waals surface area contributed by atoms with E-state index in [0.717, 1.165) is 18.5 Å². The fraction of sp³-hybridized carbons (Fsp3) is 0.429.